The molecule has 0 aliphatic rings. The molecule has 0 unspecified atom stereocenters. The molecule has 0 aliphatic carbocycles. The van der Waals surface area contributed by atoms with E-state index in [0.717, 1.165) is 141 Å². The lowest BCUT2D eigenvalue weighted by Gasteiger charge is -2.42. The van der Waals surface area contributed by atoms with Crippen LogP contribution >= 0.6 is 0 Å². The third-order valence-corrected chi connectivity index (χ3v) is 11.6. The summed E-state index contributed by atoms with van der Waals surface area (Å²) in [6.07, 6.45) is 27.1. The Morgan fingerprint density at radius 2 is 0.767 bits per heavy atom. The predicted molar refractivity (Wildman–Crippen MR) is 247 cm³/mol. The van der Waals surface area contributed by atoms with Crippen LogP contribution in [0.3, 0.4) is 0 Å². The van der Waals surface area contributed by atoms with Gasteiger partial charge in [0.15, 0.2) is 17.1 Å². The summed E-state index contributed by atoms with van der Waals surface area (Å²) in [6.45, 7) is 9.96. The van der Waals surface area contributed by atoms with E-state index < -0.39 is 60.0 Å². The van der Waals surface area contributed by atoms with Crippen molar-refractivity contribution in [2.45, 2.75) is 245 Å². The number of nitrogens with one attached hydrogen (secondary N) is 4. The molecule has 4 N–H and O–H groups in total. The first-order chi connectivity index (χ1) is 29.1. The highest BCUT2D eigenvalue weighted by Gasteiger charge is 2.52. The maximum Gasteiger partial charge on any atom is 0.233 e. The summed E-state index contributed by atoms with van der Waals surface area (Å²) in [5.41, 5.74) is -2.07. The van der Waals surface area contributed by atoms with Crippen LogP contribution in [0.15, 0.2) is 0 Å². The van der Waals surface area contributed by atoms with Crippen LogP contribution < -0.4 is 16.0 Å². The second-order valence-electron chi connectivity index (χ2n) is 17.1. The van der Waals surface area contributed by atoms with Crippen LogP contribution in [0.5, 0.6) is 0 Å². The zero-order valence-corrected chi connectivity index (χ0v) is 39.1. The Bertz CT molecular complexity index is 1120. The predicted octanol–water partition coefficient (Wildman–Crippen LogP) is 10.6. The number of hydrogen-bond donors (Lipinski definition) is 4. The number of amides is 4. The van der Waals surface area contributed by atoms with Crippen LogP contribution in [-0.4, -0.2) is 78.0 Å². The molecule has 0 spiro atoms. The lowest BCUT2D eigenvalue weighted by molar-refractivity contribution is -0.158. The molecule has 0 aromatic heterocycles. The molecule has 0 atom stereocenters. The summed E-state index contributed by atoms with van der Waals surface area (Å²) in [5.74, 6) is -3.49. The fraction of sp³-hybridized carbons (Fsp3) is 0.857. The van der Waals surface area contributed by atoms with Crippen molar-refractivity contribution >= 4 is 41.4 Å². The molecule has 0 heterocycles. The van der Waals surface area contributed by atoms with Gasteiger partial charge in [0, 0.05) is 26.2 Å². The van der Waals surface area contributed by atoms with Crippen LogP contribution in [0.4, 0.5) is 0 Å². The van der Waals surface area contributed by atoms with Gasteiger partial charge in [-0.25, -0.2) is 0 Å². The smallest absolute Gasteiger partial charge is 0.233 e. The number of carbonyl (C=O) groups excluding carboxylic acids is 6. The van der Waals surface area contributed by atoms with Crippen molar-refractivity contribution in [2.24, 2.45) is 0 Å². The second-order valence-corrected chi connectivity index (χ2v) is 17.1. The first kappa shape index (κ1) is 56.9. The maximum absolute atomic E-state index is 14.8. The van der Waals surface area contributed by atoms with Gasteiger partial charge < -0.3 is 26.3 Å². The number of nitrogens with zero attached hydrogens (tertiary/aromatic N) is 1. The maximum atomic E-state index is 14.8. The van der Waals surface area contributed by atoms with E-state index in [-0.39, 0.29) is 13.0 Å². The summed E-state index contributed by atoms with van der Waals surface area (Å²) in [7, 11) is 0. The summed E-state index contributed by atoms with van der Waals surface area (Å²) in [4.78, 5) is 85.7. The summed E-state index contributed by atoms with van der Waals surface area (Å²) < 4.78 is 0. The monoisotopic (exact) mass is 846 g/mol. The van der Waals surface area contributed by atoms with Crippen LogP contribution in [-0.2, 0) is 28.8 Å². The van der Waals surface area contributed by atoms with E-state index in [9.17, 15) is 28.8 Å². The average Bonchev–Trinajstić information content (AvgIpc) is 3.22. The number of rotatable bonds is 44. The standard InChI is InChI=1S/C49H91N5O6/c1-5-9-13-17-24-30-36-51-45(57)40-43(55)49(34-28-22-21-23-29-35-50,44(56)41-46(58)52-37-31-25-18-14-10-6-2)54(39-33-27-20-16-12-8-4)48(60)42-47(59)53-38-32-26-19-15-11-7-3/h35,50H,5-34,36-42H2,1-4H3,(H,51,57)(H,52,58)(H,53,59). The van der Waals surface area contributed by atoms with Gasteiger partial charge in [-0.2, -0.15) is 0 Å². The molecule has 0 radical (unpaired) electrons. The van der Waals surface area contributed by atoms with E-state index in [1.807, 2.05) is 0 Å². The largest absolute Gasteiger partial charge is 0.356 e. The normalized spacial score (nSPS) is 11.3. The Kier molecular flexibility index (Phi) is 37.9. The first-order valence-electron chi connectivity index (χ1n) is 24.8. The first-order valence-corrected chi connectivity index (χ1v) is 24.8. The Hall–Kier alpha value is -3.11. The molecule has 0 aromatic rings. The van der Waals surface area contributed by atoms with Gasteiger partial charge in [-0.3, -0.25) is 28.8 Å². The zero-order chi connectivity index (χ0) is 44.5. The molecule has 0 rings (SSSR count). The van der Waals surface area contributed by atoms with Crippen molar-refractivity contribution in [3.05, 3.63) is 0 Å². The molecule has 4 amide bonds. The molecule has 0 fully saturated rings. The molecular formula is C49H91N5O6. The van der Waals surface area contributed by atoms with Gasteiger partial charge in [0.2, 0.25) is 23.6 Å². The Balaban J connectivity index is 6.65. The fourth-order valence-corrected chi connectivity index (χ4v) is 7.83. The Labute approximate surface area is 366 Å². The number of ketones is 2. The molecule has 11 nitrogen and oxygen atoms in total. The fourth-order valence-electron chi connectivity index (χ4n) is 7.83. The van der Waals surface area contributed by atoms with E-state index in [2.05, 4.69) is 43.6 Å². The van der Waals surface area contributed by atoms with Gasteiger partial charge in [-0.05, 0) is 51.2 Å². The van der Waals surface area contributed by atoms with E-state index in [4.69, 9.17) is 5.41 Å². The van der Waals surface area contributed by atoms with Crippen molar-refractivity contribution in [3.63, 3.8) is 0 Å². The van der Waals surface area contributed by atoms with E-state index in [0.29, 0.717) is 45.3 Å². The van der Waals surface area contributed by atoms with Gasteiger partial charge in [0.1, 0.15) is 6.42 Å². The number of Topliss-reactive ketones (excluding diaryl/α,β-unsaturated/α-hetero) is 2. The number of carbonyl (C=O) groups is 6. The van der Waals surface area contributed by atoms with Gasteiger partial charge in [-0.15, -0.1) is 0 Å². The molecule has 348 valence electrons. The average molecular weight is 846 g/mol. The van der Waals surface area contributed by atoms with Gasteiger partial charge in [0.05, 0.1) is 12.8 Å². The number of hydrogen-bond acceptors (Lipinski definition) is 7. The highest BCUT2D eigenvalue weighted by Crippen LogP contribution is 2.31. The SMILES string of the molecule is CCCCCCCCNC(=O)CC(=O)N(CCCCCCCC)C(CCCCCCC=N)(C(=O)CC(=O)NCCCCCCCC)C(=O)CC(=O)NCCCCCCCC. The highest BCUT2D eigenvalue weighted by atomic mass is 16.2. The van der Waals surface area contributed by atoms with Crippen molar-refractivity contribution in [1.29, 1.82) is 5.41 Å². The van der Waals surface area contributed by atoms with Gasteiger partial charge >= 0.3 is 0 Å². The highest BCUT2D eigenvalue weighted by molar-refractivity contribution is 6.21. The van der Waals surface area contributed by atoms with Crippen LogP contribution in [0.1, 0.15) is 240 Å². The van der Waals surface area contributed by atoms with Crippen molar-refractivity contribution in [2.75, 3.05) is 26.2 Å². The summed E-state index contributed by atoms with van der Waals surface area (Å²) >= 11 is 0. The Morgan fingerprint density at radius 1 is 0.433 bits per heavy atom. The molecule has 0 aliphatic heterocycles. The summed E-state index contributed by atoms with van der Waals surface area (Å²) in [5, 5.41) is 16.1. The Morgan fingerprint density at radius 3 is 1.17 bits per heavy atom. The van der Waals surface area contributed by atoms with Crippen molar-refractivity contribution < 1.29 is 28.8 Å². The minimum Gasteiger partial charge on any atom is -0.356 e. The summed E-state index contributed by atoms with van der Waals surface area (Å²) in [6, 6.07) is 0. The van der Waals surface area contributed by atoms with Crippen molar-refractivity contribution in [3.8, 4) is 0 Å². The molecule has 11 heteroatoms. The van der Waals surface area contributed by atoms with Crippen LogP contribution in [0, 0.1) is 5.41 Å². The minimum atomic E-state index is -2.07. The van der Waals surface area contributed by atoms with E-state index in [1.165, 1.54) is 30.4 Å². The third-order valence-electron chi connectivity index (χ3n) is 11.6. The van der Waals surface area contributed by atoms with Crippen LogP contribution in [0.2, 0.25) is 0 Å². The lowest BCUT2D eigenvalue weighted by Crippen LogP contribution is -2.64. The van der Waals surface area contributed by atoms with Crippen molar-refractivity contribution in [1.82, 2.24) is 20.9 Å². The molecule has 0 aromatic carbocycles. The lowest BCUT2D eigenvalue weighted by atomic mass is 9.78. The molecule has 60 heavy (non-hydrogen) atoms. The molecule has 0 saturated heterocycles. The molecule has 0 bridgehead atoms. The second kappa shape index (κ2) is 40.0. The zero-order valence-electron chi connectivity index (χ0n) is 39.1. The van der Waals surface area contributed by atoms with Gasteiger partial charge in [0.25, 0.3) is 0 Å². The van der Waals surface area contributed by atoms with E-state index >= 15 is 0 Å². The van der Waals surface area contributed by atoms with Crippen LogP contribution in [0.25, 0.3) is 0 Å². The van der Waals surface area contributed by atoms with E-state index in [1.54, 1.807) is 0 Å². The topological polar surface area (TPSA) is 166 Å². The minimum absolute atomic E-state index is 0.0361. The molecule has 0 saturated carbocycles. The molecular weight excluding hydrogens is 755 g/mol. The van der Waals surface area contributed by atoms with Gasteiger partial charge in [-0.1, -0.05) is 175 Å². The number of unbranched alkanes of at least 4 members (excludes halogenated alkanes) is 24. The quantitative estimate of drug-likeness (QED) is 0.0271. The third kappa shape index (κ3) is 28.4.